The summed E-state index contributed by atoms with van der Waals surface area (Å²) in [5, 5.41) is 31.9. The molecule has 5 heteroatoms. The number of carbonyl (C=O) groups is 2. The van der Waals surface area contributed by atoms with Crippen LogP contribution in [-0.4, -0.2) is 45.2 Å². The Bertz CT molecular complexity index is 767. The first kappa shape index (κ1) is 19.0. The van der Waals surface area contributed by atoms with Crippen LogP contribution in [-0.2, 0) is 9.59 Å². The highest BCUT2D eigenvalue weighted by Crippen LogP contribution is 2.67. The number of ketones is 2. The third-order valence-electron chi connectivity index (χ3n) is 8.79. The lowest BCUT2D eigenvalue weighted by Crippen LogP contribution is -2.62. The molecule has 27 heavy (non-hydrogen) atoms. The summed E-state index contributed by atoms with van der Waals surface area (Å²) in [5.74, 6) is -0.225. The summed E-state index contributed by atoms with van der Waals surface area (Å²) < 4.78 is 0. The zero-order valence-corrected chi connectivity index (χ0v) is 16.4. The predicted molar refractivity (Wildman–Crippen MR) is 99.7 cm³/mol. The minimum absolute atomic E-state index is 0.0218. The van der Waals surface area contributed by atoms with E-state index in [-0.39, 0.29) is 29.0 Å². The number of fused-ring (bicyclic) bond motifs is 5. The van der Waals surface area contributed by atoms with Crippen molar-refractivity contribution in [1.82, 2.24) is 0 Å². The average molecular weight is 374 g/mol. The van der Waals surface area contributed by atoms with E-state index in [1.807, 2.05) is 13.8 Å². The lowest BCUT2D eigenvalue weighted by atomic mass is 9.45. The van der Waals surface area contributed by atoms with Crippen molar-refractivity contribution in [2.24, 2.45) is 28.6 Å². The Morgan fingerprint density at radius 2 is 1.96 bits per heavy atom. The molecule has 3 saturated carbocycles. The summed E-state index contributed by atoms with van der Waals surface area (Å²) in [4.78, 5) is 24.4. The van der Waals surface area contributed by atoms with Crippen molar-refractivity contribution >= 4 is 11.6 Å². The van der Waals surface area contributed by atoms with Crippen LogP contribution in [0, 0.1) is 28.6 Å². The maximum absolute atomic E-state index is 12.4. The van der Waals surface area contributed by atoms with Gasteiger partial charge in [0.05, 0.1) is 6.10 Å². The van der Waals surface area contributed by atoms with Gasteiger partial charge in [-0.05, 0) is 63.0 Å². The monoisotopic (exact) mass is 374 g/mol. The number of carbonyl (C=O) groups excluding carboxylic acids is 2. The van der Waals surface area contributed by atoms with Crippen LogP contribution < -0.4 is 0 Å². The van der Waals surface area contributed by atoms with Gasteiger partial charge in [-0.25, -0.2) is 0 Å². The molecule has 0 amide bonds. The van der Waals surface area contributed by atoms with Gasteiger partial charge in [0.1, 0.15) is 12.2 Å². The van der Waals surface area contributed by atoms with E-state index < -0.39 is 29.5 Å². The fraction of sp³-hybridized carbons (Fsp3) is 0.727. The second-order valence-electron chi connectivity index (χ2n) is 9.61. The van der Waals surface area contributed by atoms with Crippen molar-refractivity contribution < 1.29 is 24.9 Å². The Labute approximate surface area is 160 Å². The maximum atomic E-state index is 12.4. The van der Waals surface area contributed by atoms with Crippen molar-refractivity contribution in [3.05, 3.63) is 23.3 Å². The molecular weight excluding hydrogens is 344 g/mol. The van der Waals surface area contributed by atoms with Crippen LogP contribution in [0.15, 0.2) is 23.3 Å². The van der Waals surface area contributed by atoms with Gasteiger partial charge in [-0.2, -0.15) is 0 Å². The van der Waals surface area contributed by atoms with Crippen LogP contribution in [0.4, 0.5) is 0 Å². The fourth-order valence-electron chi connectivity index (χ4n) is 7.27. The Morgan fingerprint density at radius 3 is 2.63 bits per heavy atom. The largest absolute Gasteiger partial charge is 0.393 e. The molecule has 7 atom stereocenters. The molecule has 4 aliphatic carbocycles. The SMILES string of the molecule is CC1=CC(=O)C=C2CCC3C(C(O)C[C@@]4(C)C3CC[C@]4(O)C(=O)CO)[C@@]12C. The Morgan fingerprint density at radius 1 is 1.26 bits per heavy atom. The lowest BCUT2D eigenvalue weighted by molar-refractivity contribution is -0.179. The van der Waals surface area contributed by atoms with E-state index in [0.717, 1.165) is 30.4 Å². The van der Waals surface area contributed by atoms with Gasteiger partial charge in [-0.1, -0.05) is 25.0 Å². The Hall–Kier alpha value is -1.30. The quantitative estimate of drug-likeness (QED) is 0.687. The van der Waals surface area contributed by atoms with Crippen LogP contribution in [0.25, 0.3) is 0 Å². The van der Waals surface area contributed by atoms with Gasteiger partial charge in [-0.3, -0.25) is 9.59 Å². The first-order valence-electron chi connectivity index (χ1n) is 10.1. The van der Waals surface area contributed by atoms with E-state index in [0.29, 0.717) is 12.8 Å². The van der Waals surface area contributed by atoms with Crippen molar-refractivity contribution in [3.8, 4) is 0 Å². The van der Waals surface area contributed by atoms with Crippen molar-refractivity contribution in [2.45, 2.75) is 64.6 Å². The topological polar surface area (TPSA) is 94.8 Å². The number of Topliss-reactive ketones (excluding diaryl/α,β-unsaturated/α-hetero) is 1. The number of allylic oxidation sites excluding steroid dienone is 4. The molecule has 3 fully saturated rings. The van der Waals surface area contributed by atoms with Crippen LogP contribution in [0.3, 0.4) is 0 Å². The molecule has 0 aromatic heterocycles. The molecule has 0 aromatic carbocycles. The Kier molecular flexibility index (Phi) is 4.12. The molecule has 4 unspecified atom stereocenters. The number of hydrogen-bond acceptors (Lipinski definition) is 5. The zero-order valence-electron chi connectivity index (χ0n) is 16.4. The molecule has 148 valence electrons. The van der Waals surface area contributed by atoms with Gasteiger partial charge in [0.15, 0.2) is 11.6 Å². The molecule has 0 saturated heterocycles. The highest BCUT2D eigenvalue weighted by Gasteiger charge is 2.68. The summed E-state index contributed by atoms with van der Waals surface area (Å²) in [6, 6.07) is 0. The average Bonchev–Trinajstić information content (AvgIpc) is 2.87. The van der Waals surface area contributed by atoms with Crippen LogP contribution in [0.1, 0.15) is 52.9 Å². The summed E-state index contributed by atoms with van der Waals surface area (Å²) in [5.41, 5.74) is -0.534. The number of rotatable bonds is 2. The molecule has 0 heterocycles. The number of aliphatic hydroxyl groups excluding tert-OH is 2. The van der Waals surface area contributed by atoms with Gasteiger partial charge in [-0.15, -0.1) is 0 Å². The van der Waals surface area contributed by atoms with Gasteiger partial charge in [0.2, 0.25) is 0 Å². The van der Waals surface area contributed by atoms with Crippen molar-refractivity contribution in [2.75, 3.05) is 6.61 Å². The summed E-state index contributed by atoms with van der Waals surface area (Å²) in [6.45, 7) is 5.37. The molecule has 0 spiro atoms. The first-order valence-corrected chi connectivity index (χ1v) is 10.1. The number of aliphatic hydroxyl groups is 3. The van der Waals surface area contributed by atoms with Gasteiger partial charge < -0.3 is 15.3 Å². The smallest absolute Gasteiger partial charge is 0.190 e. The van der Waals surface area contributed by atoms with E-state index in [1.54, 1.807) is 12.2 Å². The van der Waals surface area contributed by atoms with E-state index in [1.165, 1.54) is 0 Å². The molecule has 0 bridgehead atoms. The van der Waals surface area contributed by atoms with E-state index in [2.05, 4.69) is 6.92 Å². The van der Waals surface area contributed by atoms with E-state index in [4.69, 9.17) is 0 Å². The van der Waals surface area contributed by atoms with E-state index >= 15 is 0 Å². The van der Waals surface area contributed by atoms with Crippen LogP contribution in [0.5, 0.6) is 0 Å². The molecule has 0 aromatic rings. The molecule has 4 aliphatic rings. The van der Waals surface area contributed by atoms with E-state index in [9.17, 15) is 24.9 Å². The molecule has 0 radical (unpaired) electrons. The first-order chi connectivity index (χ1) is 12.6. The van der Waals surface area contributed by atoms with Crippen LogP contribution >= 0.6 is 0 Å². The highest BCUT2D eigenvalue weighted by atomic mass is 16.3. The molecule has 4 rings (SSSR count). The second kappa shape index (κ2) is 5.85. The minimum atomic E-state index is -1.57. The predicted octanol–water partition coefficient (Wildman–Crippen LogP) is 1.95. The maximum Gasteiger partial charge on any atom is 0.190 e. The van der Waals surface area contributed by atoms with Gasteiger partial charge in [0.25, 0.3) is 0 Å². The second-order valence-corrected chi connectivity index (χ2v) is 9.61. The standard InChI is InChI=1S/C22H30O5/c1-12-8-14(24)9-13-4-5-15-16-6-7-22(27,18(26)11-23)20(16,2)10-17(25)19(15)21(12,13)3/h8-9,15-17,19,23,25,27H,4-7,10-11H2,1-3H3/t15?,16?,17?,19?,20-,21-,22-/m0/s1. The summed E-state index contributed by atoms with van der Waals surface area (Å²) in [7, 11) is 0. The summed E-state index contributed by atoms with van der Waals surface area (Å²) in [6.07, 6.45) is 5.83. The third kappa shape index (κ3) is 2.22. The zero-order chi connectivity index (χ0) is 19.8. The van der Waals surface area contributed by atoms with Crippen molar-refractivity contribution in [1.29, 1.82) is 0 Å². The molecular formula is C22H30O5. The minimum Gasteiger partial charge on any atom is -0.393 e. The molecule has 3 N–H and O–H groups in total. The number of hydrogen-bond donors (Lipinski definition) is 3. The Balaban J connectivity index is 1.77. The molecule has 0 aliphatic heterocycles. The van der Waals surface area contributed by atoms with Crippen molar-refractivity contribution in [3.63, 3.8) is 0 Å². The van der Waals surface area contributed by atoms with Gasteiger partial charge >= 0.3 is 0 Å². The molecule has 5 nitrogen and oxygen atoms in total. The summed E-state index contributed by atoms with van der Waals surface area (Å²) >= 11 is 0. The third-order valence-corrected chi connectivity index (χ3v) is 8.79. The normalized spacial score (nSPS) is 48.9. The fourth-order valence-corrected chi connectivity index (χ4v) is 7.27. The lowest BCUT2D eigenvalue weighted by Gasteiger charge is -2.60. The highest BCUT2D eigenvalue weighted by molar-refractivity contribution is 6.02. The van der Waals surface area contributed by atoms with Crippen LogP contribution in [0.2, 0.25) is 0 Å². The van der Waals surface area contributed by atoms with Gasteiger partial charge in [0, 0.05) is 16.7 Å².